The summed E-state index contributed by atoms with van der Waals surface area (Å²) in [6, 6.07) is 3.68. The number of ether oxygens (including phenoxy) is 1. The zero-order valence-corrected chi connectivity index (χ0v) is 14.1. The van der Waals surface area contributed by atoms with Crippen molar-refractivity contribution in [2.75, 3.05) is 13.2 Å². The van der Waals surface area contributed by atoms with Crippen LogP contribution in [0.15, 0.2) is 12.1 Å². The van der Waals surface area contributed by atoms with Crippen molar-refractivity contribution in [3.05, 3.63) is 28.0 Å². The number of fused-ring (bicyclic) bond motifs is 1. The van der Waals surface area contributed by atoms with Crippen molar-refractivity contribution < 1.29 is 4.74 Å². The van der Waals surface area contributed by atoms with Crippen LogP contribution in [-0.2, 0) is 17.2 Å². The minimum absolute atomic E-state index is 0.193. The molecule has 114 valence electrons. The van der Waals surface area contributed by atoms with Crippen LogP contribution in [0.2, 0.25) is 10.0 Å². The number of imidazole rings is 1. The van der Waals surface area contributed by atoms with Crippen LogP contribution in [0.5, 0.6) is 0 Å². The third-order valence-electron chi connectivity index (χ3n) is 4.23. The predicted octanol–water partition coefficient (Wildman–Crippen LogP) is 4.90. The summed E-state index contributed by atoms with van der Waals surface area (Å²) in [5.74, 6) is 1.23. The lowest BCUT2D eigenvalue weighted by Crippen LogP contribution is -2.31. The first-order valence-corrected chi connectivity index (χ1v) is 8.29. The van der Waals surface area contributed by atoms with Gasteiger partial charge in [0.15, 0.2) is 0 Å². The Labute approximate surface area is 139 Å². The summed E-state index contributed by atoms with van der Waals surface area (Å²) in [5, 5.41) is 1.07. The molecule has 1 aromatic carbocycles. The van der Waals surface area contributed by atoms with E-state index in [0.29, 0.717) is 15.9 Å². The topological polar surface area (TPSA) is 27.1 Å². The average Bonchev–Trinajstić information content (AvgIpc) is 2.77. The maximum Gasteiger partial charge on any atom is 0.124 e. The highest BCUT2D eigenvalue weighted by Crippen LogP contribution is 2.35. The molecule has 0 bridgehead atoms. The highest BCUT2D eigenvalue weighted by molar-refractivity contribution is 6.42. The molecule has 0 aliphatic carbocycles. The average molecular weight is 348 g/mol. The fraction of sp³-hybridized carbons (Fsp3) is 0.533. The van der Waals surface area contributed by atoms with E-state index in [0.717, 1.165) is 49.5 Å². The van der Waals surface area contributed by atoms with E-state index in [2.05, 4.69) is 16.5 Å². The van der Waals surface area contributed by atoms with Crippen LogP contribution in [0.3, 0.4) is 0 Å². The van der Waals surface area contributed by atoms with Crippen molar-refractivity contribution in [2.24, 2.45) is 5.41 Å². The molecule has 3 rings (SSSR count). The summed E-state index contributed by atoms with van der Waals surface area (Å²) < 4.78 is 7.65. The van der Waals surface area contributed by atoms with Crippen LogP contribution < -0.4 is 0 Å². The molecule has 1 saturated heterocycles. The molecule has 1 fully saturated rings. The summed E-state index contributed by atoms with van der Waals surface area (Å²) in [4.78, 5) is 4.59. The van der Waals surface area contributed by atoms with E-state index >= 15 is 0 Å². The van der Waals surface area contributed by atoms with Crippen LogP contribution in [0, 0.1) is 5.41 Å². The van der Waals surface area contributed by atoms with Gasteiger partial charge in [0.1, 0.15) is 5.82 Å². The van der Waals surface area contributed by atoms with Crippen LogP contribution in [0.25, 0.3) is 11.0 Å². The van der Waals surface area contributed by atoms with Crippen molar-refractivity contribution >= 4 is 45.8 Å². The van der Waals surface area contributed by atoms with Gasteiger partial charge < -0.3 is 9.30 Å². The van der Waals surface area contributed by atoms with E-state index in [1.54, 1.807) is 6.07 Å². The zero-order chi connectivity index (χ0) is 15.0. The van der Waals surface area contributed by atoms with E-state index in [4.69, 9.17) is 39.5 Å². The summed E-state index contributed by atoms with van der Waals surface area (Å²) in [5.41, 5.74) is 2.03. The molecule has 3 nitrogen and oxygen atoms in total. The second-order valence-electron chi connectivity index (χ2n) is 5.93. The van der Waals surface area contributed by atoms with E-state index in [1.165, 1.54) is 0 Å². The van der Waals surface area contributed by atoms with E-state index < -0.39 is 0 Å². The molecule has 2 aromatic rings. The maximum absolute atomic E-state index is 6.16. The van der Waals surface area contributed by atoms with Crippen molar-refractivity contribution in [2.45, 2.75) is 32.2 Å². The van der Waals surface area contributed by atoms with Gasteiger partial charge >= 0.3 is 0 Å². The Morgan fingerprint density at radius 2 is 1.90 bits per heavy atom. The number of alkyl halides is 1. The SMILES string of the molecule is CC1(Cn2c(CCl)nc3cc(Cl)c(Cl)cc32)CCOCC1. The molecule has 1 aliphatic heterocycles. The molecule has 0 radical (unpaired) electrons. The Morgan fingerprint density at radius 3 is 2.57 bits per heavy atom. The van der Waals surface area contributed by atoms with Crippen LogP contribution in [0.1, 0.15) is 25.6 Å². The van der Waals surface area contributed by atoms with E-state index in [1.807, 2.05) is 6.07 Å². The molecule has 2 heterocycles. The fourth-order valence-corrected chi connectivity index (χ4v) is 3.37. The van der Waals surface area contributed by atoms with Gasteiger partial charge in [-0.25, -0.2) is 4.98 Å². The van der Waals surface area contributed by atoms with Gasteiger partial charge in [-0.1, -0.05) is 30.1 Å². The molecule has 1 aromatic heterocycles. The summed E-state index contributed by atoms with van der Waals surface area (Å²) in [7, 11) is 0. The molecular formula is C15H17Cl3N2O. The van der Waals surface area contributed by atoms with Gasteiger partial charge in [0.05, 0.1) is 27.0 Å². The molecule has 0 unspecified atom stereocenters. The lowest BCUT2D eigenvalue weighted by Gasteiger charge is -2.34. The Balaban J connectivity index is 2.05. The number of halogens is 3. The van der Waals surface area contributed by atoms with Crippen LogP contribution in [-0.4, -0.2) is 22.8 Å². The number of benzene rings is 1. The second-order valence-corrected chi connectivity index (χ2v) is 7.01. The summed E-state index contributed by atoms with van der Waals surface area (Å²) in [6.07, 6.45) is 2.07. The first kappa shape index (κ1) is 15.4. The first-order chi connectivity index (χ1) is 10.0. The van der Waals surface area contributed by atoms with Crippen molar-refractivity contribution in [1.82, 2.24) is 9.55 Å². The molecule has 0 amide bonds. The number of aromatic nitrogens is 2. The summed E-state index contributed by atoms with van der Waals surface area (Å²) >= 11 is 18.3. The van der Waals surface area contributed by atoms with E-state index in [-0.39, 0.29) is 5.41 Å². The van der Waals surface area contributed by atoms with Gasteiger partial charge in [-0.3, -0.25) is 0 Å². The molecule has 1 aliphatic rings. The van der Waals surface area contributed by atoms with Crippen LogP contribution in [0.4, 0.5) is 0 Å². The monoisotopic (exact) mass is 346 g/mol. The quantitative estimate of drug-likeness (QED) is 0.738. The van der Waals surface area contributed by atoms with Gasteiger partial charge in [0, 0.05) is 19.8 Å². The smallest absolute Gasteiger partial charge is 0.124 e. The first-order valence-electron chi connectivity index (χ1n) is 7.00. The lowest BCUT2D eigenvalue weighted by atomic mass is 9.82. The molecule has 6 heteroatoms. The van der Waals surface area contributed by atoms with Gasteiger partial charge in [-0.2, -0.15) is 0 Å². The largest absolute Gasteiger partial charge is 0.381 e. The Kier molecular flexibility index (Phi) is 4.37. The van der Waals surface area contributed by atoms with Crippen molar-refractivity contribution in [3.63, 3.8) is 0 Å². The predicted molar refractivity (Wildman–Crippen MR) is 87.5 cm³/mol. The second kappa shape index (κ2) is 5.96. The Morgan fingerprint density at radius 1 is 1.24 bits per heavy atom. The molecule has 0 saturated carbocycles. The number of hydrogen-bond acceptors (Lipinski definition) is 2. The zero-order valence-electron chi connectivity index (χ0n) is 11.8. The van der Waals surface area contributed by atoms with Crippen molar-refractivity contribution in [3.8, 4) is 0 Å². The van der Waals surface area contributed by atoms with Gasteiger partial charge in [0.2, 0.25) is 0 Å². The maximum atomic E-state index is 6.16. The molecular weight excluding hydrogens is 331 g/mol. The molecule has 0 atom stereocenters. The highest BCUT2D eigenvalue weighted by atomic mass is 35.5. The van der Waals surface area contributed by atoms with Gasteiger partial charge in [0.25, 0.3) is 0 Å². The van der Waals surface area contributed by atoms with Crippen LogP contribution >= 0.6 is 34.8 Å². The third-order valence-corrected chi connectivity index (χ3v) is 5.19. The fourth-order valence-electron chi connectivity index (χ4n) is 2.85. The highest BCUT2D eigenvalue weighted by Gasteiger charge is 2.29. The minimum Gasteiger partial charge on any atom is -0.381 e. The number of nitrogens with zero attached hydrogens (tertiary/aromatic N) is 2. The lowest BCUT2D eigenvalue weighted by molar-refractivity contribution is 0.0157. The van der Waals surface area contributed by atoms with Crippen molar-refractivity contribution in [1.29, 1.82) is 0 Å². The molecule has 0 spiro atoms. The summed E-state index contributed by atoms with van der Waals surface area (Å²) in [6.45, 7) is 4.78. The Bertz CT molecular complexity index is 662. The normalized spacial score (nSPS) is 18.3. The van der Waals surface area contributed by atoms with Gasteiger partial charge in [-0.15, -0.1) is 11.6 Å². The molecule has 0 N–H and O–H groups in total. The third kappa shape index (κ3) is 3.02. The van der Waals surface area contributed by atoms with E-state index in [9.17, 15) is 0 Å². The molecule has 21 heavy (non-hydrogen) atoms. The minimum atomic E-state index is 0.193. The number of hydrogen-bond donors (Lipinski definition) is 0. The standard InChI is InChI=1S/C15H17Cl3N2O/c1-15(2-4-21-5-3-15)9-20-13-7-11(18)10(17)6-12(13)19-14(20)8-16/h6-7H,2-5,8-9H2,1H3. The Hall–Kier alpha value is -0.480. The van der Waals surface area contributed by atoms with Gasteiger partial charge in [-0.05, 0) is 30.4 Å². The number of rotatable bonds is 3.